The molecule has 0 radical (unpaired) electrons. The fraction of sp³-hybridized carbons (Fsp3) is 0.543. The highest BCUT2D eigenvalue weighted by atomic mass is 28.4. The summed E-state index contributed by atoms with van der Waals surface area (Å²) < 4.78 is 28.3. The molecule has 10 nitrogen and oxygen atoms in total. The number of methoxy groups -OCH3 is 1. The lowest BCUT2D eigenvalue weighted by Crippen LogP contribution is -2.43. The van der Waals surface area contributed by atoms with Crippen LogP contribution in [-0.2, 0) is 28.2 Å². The first kappa shape index (κ1) is 36.8. The van der Waals surface area contributed by atoms with Gasteiger partial charge in [-0.3, -0.25) is 9.59 Å². The highest BCUT2D eigenvalue weighted by Gasteiger charge is 2.42. The number of benzene rings is 2. The summed E-state index contributed by atoms with van der Waals surface area (Å²) in [5.41, 5.74) is -0.511. The van der Waals surface area contributed by atoms with Gasteiger partial charge >= 0.3 is 18.0 Å². The molecule has 11 heteroatoms. The summed E-state index contributed by atoms with van der Waals surface area (Å²) in [5.74, 6) is -2.33. The number of ether oxygens (including phenoxy) is 4. The number of nitrogens with zero attached hydrogens (tertiary/aromatic N) is 1. The Hall–Kier alpha value is -3.70. The average molecular weight is 656 g/mol. The van der Waals surface area contributed by atoms with E-state index in [0.29, 0.717) is 37.5 Å². The SMILES string of the molecule is COC(=O)C(OC(=O)C(CCO[Si](C)(C)C(C)(C)C)C1CCN(C(=O)OC(C)(C)C)C1)C(=O)c1ccc(Oc2ccccc2)cc1. The van der Waals surface area contributed by atoms with E-state index in [9.17, 15) is 19.2 Å². The summed E-state index contributed by atoms with van der Waals surface area (Å²) in [6.07, 6.45) is -1.43. The number of para-hydroxylation sites is 1. The number of hydrogen-bond donors (Lipinski definition) is 0. The van der Waals surface area contributed by atoms with Crippen molar-refractivity contribution in [1.82, 2.24) is 4.90 Å². The fourth-order valence-electron chi connectivity index (χ4n) is 4.79. The lowest BCUT2D eigenvalue weighted by molar-refractivity contribution is -0.166. The molecule has 2 aromatic rings. The van der Waals surface area contributed by atoms with Crippen LogP contribution in [0.3, 0.4) is 0 Å². The normalized spacial score (nSPS) is 16.7. The average Bonchev–Trinajstić information content (AvgIpc) is 3.47. The molecule has 46 heavy (non-hydrogen) atoms. The van der Waals surface area contributed by atoms with Gasteiger partial charge in [0.2, 0.25) is 5.78 Å². The number of likely N-dealkylation sites (tertiary alicyclic amines) is 1. The molecule has 3 rings (SSSR count). The molecule has 2 aromatic carbocycles. The quantitative estimate of drug-likeness (QED) is 0.0781. The zero-order valence-corrected chi connectivity index (χ0v) is 29.6. The molecule has 0 aromatic heterocycles. The maximum absolute atomic E-state index is 13.8. The molecule has 0 bridgehead atoms. The molecule has 1 heterocycles. The summed E-state index contributed by atoms with van der Waals surface area (Å²) in [6, 6.07) is 15.4. The van der Waals surface area contributed by atoms with E-state index in [0.717, 1.165) is 7.11 Å². The number of ketones is 1. The van der Waals surface area contributed by atoms with Gasteiger partial charge in [0.1, 0.15) is 17.1 Å². The molecule has 0 aliphatic carbocycles. The van der Waals surface area contributed by atoms with Crippen molar-refractivity contribution >= 4 is 32.1 Å². The first-order valence-corrected chi connectivity index (χ1v) is 18.6. The van der Waals surface area contributed by atoms with Gasteiger partial charge in [0.05, 0.1) is 13.0 Å². The zero-order chi connectivity index (χ0) is 34.3. The molecular formula is C35H49NO9Si. The van der Waals surface area contributed by atoms with Crippen molar-refractivity contribution < 1.29 is 42.6 Å². The van der Waals surface area contributed by atoms with E-state index in [4.69, 9.17) is 23.4 Å². The third-order valence-electron chi connectivity index (χ3n) is 8.45. The first-order chi connectivity index (χ1) is 21.4. The lowest BCUT2D eigenvalue weighted by atomic mass is 9.89. The second-order valence-corrected chi connectivity index (χ2v) is 18.9. The zero-order valence-electron chi connectivity index (χ0n) is 28.6. The second-order valence-electron chi connectivity index (χ2n) is 14.1. The molecule has 1 amide bonds. The maximum Gasteiger partial charge on any atom is 0.410 e. The number of hydrogen-bond acceptors (Lipinski definition) is 9. The Labute approximate surface area is 273 Å². The summed E-state index contributed by atoms with van der Waals surface area (Å²) in [5, 5.41) is -0.0338. The Kier molecular flexibility index (Phi) is 12.2. The Morgan fingerprint density at radius 2 is 1.50 bits per heavy atom. The van der Waals surface area contributed by atoms with Gasteiger partial charge in [-0.25, -0.2) is 9.59 Å². The molecule has 1 saturated heterocycles. The van der Waals surface area contributed by atoms with Crippen molar-refractivity contribution in [3.63, 3.8) is 0 Å². The maximum atomic E-state index is 13.8. The van der Waals surface area contributed by atoms with Crippen LogP contribution in [0.2, 0.25) is 18.1 Å². The number of Topliss-reactive ketones (excluding diaryl/α,β-unsaturated/α-hetero) is 1. The van der Waals surface area contributed by atoms with Gasteiger partial charge in [-0.05, 0) is 94.1 Å². The third-order valence-corrected chi connectivity index (χ3v) is 13.0. The van der Waals surface area contributed by atoms with Gasteiger partial charge in [0.15, 0.2) is 8.32 Å². The standard InChI is InChI=1S/C35H49NO9Si/c1-34(2,3)45-33(40)36-21-19-25(23-36)28(20-22-42-46(8,9)35(4,5)6)31(38)44-30(32(39)41-7)29(37)24-15-17-27(18-16-24)43-26-13-11-10-12-14-26/h10-18,25,28,30H,19-23H2,1-9H3. The van der Waals surface area contributed by atoms with E-state index in [2.05, 4.69) is 33.9 Å². The number of amides is 1. The van der Waals surface area contributed by atoms with Gasteiger partial charge in [0, 0.05) is 25.3 Å². The van der Waals surface area contributed by atoms with Crippen LogP contribution in [0.4, 0.5) is 4.79 Å². The first-order valence-electron chi connectivity index (χ1n) is 15.7. The second kappa shape index (κ2) is 15.3. The van der Waals surface area contributed by atoms with E-state index >= 15 is 0 Å². The van der Waals surface area contributed by atoms with Crippen molar-refractivity contribution in [3.05, 3.63) is 60.2 Å². The van der Waals surface area contributed by atoms with Gasteiger partial charge in [-0.15, -0.1) is 0 Å². The topological polar surface area (TPSA) is 118 Å². The van der Waals surface area contributed by atoms with Gasteiger partial charge in [-0.2, -0.15) is 0 Å². The monoisotopic (exact) mass is 655 g/mol. The highest BCUT2D eigenvalue weighted by molar-refractivity contribution is 6.74. The number of carbonyl (C=O) groups is 4. The minimum absolute atomic E-state index is 0.0338. The van der Waals surface area contributed by atoms with Crippen molar-refractivity contribution in [2.24, 2.45) is 11.8 Å². The van der Waals surface area contributed by atoms with Gasteiger partial charge in [0.25, 0.3) is 6.10 Å². The molecule has 3 atom stereocenters. The van der Waals surface area contributed by atoms with Crippen molar-refractivity contribution in [1.29, 1.82) is 0 Å². The van der Waals surface area contributed by atoms with Crippen LogP contribution >= 0.6 is 0 Å². The van der Waals surface area contributed by atoms with Crippen LogP contribution in [0.15, 0.2) is 54.6 Å². The molecule has 1 aliphatic rings. The molecule has 252 valence electrons. The van der Waals surface area contributed by atoms with Crippen LogP contribution in [0.25, 0.3) is 0 Å². The number of esters is 2. The Bertz CT molecular complexity index is 1350. The molecule has 3 unspecified atom stereocenters. The lowest BCUT2D eigenvalue weighted by Gasteiger charge is -2.36. The molecular weight excluding hydrogens is 606 g/mol. The van der Waals surface area contributed by atoms with Crippen LogP contribution in [-0.4, -0.2) is 75.5 Å². The van der Waals surface area contributed by atoms with E-state index in [1.807, 2.05) is 18.2 Å². The Morgan fingerprint density at radius 1 is 0.891 bits per heavy atom. The van der Waals surface area contributed by atoms with Crippen molar-refractivity contribution in [2.45, 2.75) is 84.2 Å². The van der Waals surface area contributed by atoms with E-state index in [1.165, 1.54) is 12.1 Å². The van der Waals surface area contributed by atoms with E-state index < -0.39 is 49.8 Å². The van der Waals surface area contributed by atoms with Crippen LogP contribution in [0.5, 0.6) is 11.5 Å². The minimum Gasteiger partial charge on any atom is -0.466 e. The van der Waals surface area contributed by atoms with Gasteiger partial charge in [-0.1, -0.05) is 39.0 Å². The number of rotatable bonds is 12. The fourth-order valence-corrected chi connectivity index (χ4v) is 5.86. The van der Waals surface area contributed by atoms with Crippen LogP contribution in [0, 0.1) is 11.8 Å². The molecule has 1 fully saturated rings. The highest BCUT2D eigenvalue weighted by Crippen LogP contribution is 2.37. The number of carbonyl (C=O) groups excluding carboxylic acids is 4. The third kappa shape index (κ3) is 10.2. The molecule has 0 saturated carbocycles. The molecule has 0 spiro atoms. The summed E-state index contributed by atoms with van der Waals surface area (Å²) in [4.78, 5) is 54.5. The Morgan fingerprint density at radius 3 is 2.07 bits per heavy atom. The van der Waals surface area contributed by atoms with E-state index in [-0.39, 0.29) is 23.1 Å². The largest absolute Gasteiger partial charge is 0.466 e. The van der Waals surface area contributed by atoms with Gasteiger partial charge < -0.3 is 28.3 Å². The van der Waals surface area contributed by atoms with Crippen molar-refractivity contribution in [2.75, 3.05) is 26.8 Å². The summed E-state index contributed by atoms with van der Waals surface area (Å²) in [7, 11) is -0.994. The molecule has 0 N–H and O–H groups in total. The Balaban J connectivity index is 1.79. The minimum atomic E-state index is -2.13. The molecule has 1 aliphatic heterocycles. The predicted octanol–water partition coefficient (Wildman–Crippen LogP) is 7.03. The van der Waals surface area contributed by atoms with Crippen molar-refractivity contribution in [3.8, 4) is 11.5 Å². The smallest absolute Gasteiger partial charge is 0.410 e. The van der Waals surface area contributed by atoms with Crippen LogP contribution < -0.4 is 4.74 Å². The summed E-state index contributed by atoms with van der Waals surface area (Å²) in [6.45, 7) is 17.0. The van der Waals surface area contributed by atoms with Crippen LogP contribution in [0.1, 0.15) is 64.7 Å². The summed E-state index contributed by atoms with van der Waals surface area (Å²) >= 11 is 0. The van der Waals surface area contributed by atoms with E-state index in [1.54, 1.807) is 49.9 Å². The predicted molar refractivity (Wildman–Crippen MR) is 176 cm³/mol.